The molecule has 0 aliphatic heterocycles. The van der Waals surface area contributed by atoms with Crippen LogP contribution in [0.15, 0.2) is 33.6 Å². The van der Waals surface area contributed by atoms with Gasteiger partial charge in [0.2, 0.25) is 0 Å². The van der Waals surface area contributed by atoms with Crippen LogP contribution in [0.25, 0.3) is 0 Å². The minimum Gasteiger partial charge on any atom is -0.220 e. The van der Waals surface area contributed by atoms with Crippen LogP contribution in [-0.4, -0.2) is 8.42 Å². The smallest absolute Gasteiger partial charge is 0.220 e. The zero-order valence-corrected chi connectivity index (χ0v) is 9.56. The molecule has 1 N–H and O–H groups in total. The highest BCUT2D eigenvalue weighted by atomic mass is 79.9. The molecule has 0 aliphatic rings. The number of sulfonamides is 1. The van der Waals surface area contributed by atoms with Crippen LogP contribution in [0, 0.1) is 0 Å². The van der Waals surface area contributed by atoms with E-state index in [1.54, 1.807) is 23.1 Å². The van der Waals surface area contributed by atoms with Gasteiger partial charge in [0.25, 0.3) is 10.0 Å². The standard InChI is InChI=1S/C6H6BrNO3S2/c7-5-3-1-2-4-6(5)13(9,10)8-11-12/h1-4,8,12H. The molecule has 1 aromatic rings. The Kier molecular flexibility index (Phi) is 3.74. The topological polar surface area (TPSA) is 55.4 Å². The van der Waals surface area contributed by atoms with Gasteiger partial charge >= 0.3 is 0 Å². The molecule has 0 unspecified atom stereocenters. The fraction of sp³-hybridized carbons (Fsp3) is 0. The number of rotatable bonds is 3. The van der Waals surface area contributed by atoms with Crippen molar-refractivity contribution in [2.24, 2.45) is 0 Å². The van der Waals surface area contributed by atoms with Crippen molar-refractivity contribution >= 4 is 38.9 Å². The van der Waals surface area contributed by atoms with Crippen molar-refractivity contribution in [3.63, 3.8) is 0 Å². The number of thiol groups is 1. The van der Waals surface area contributed by atoms with Crippen LogP contribution in [0.3, 0.4) is 0 Å². The molecule has 0 spiro atoms. The number of halogens is 1. The van der Waals surface area contributed by atoms with Crippen molar-refractivity contribution in [2.75, 3.05) is 0 Å². The second-order valence-corrected chi connectivity index (χ2v) is 4.76. The molecule has 13 heavy (non-hydrogen) atoms. The summed E-state index contributed by atoms with van der Waals surface area (Å²) in [4.78, 5) is 1.89. The Labute approximate surface area is 90.0 Å². The number of hydrogen-bond acceptors (Lipinski definition) is 4. The minimum atomic E-state index is -3.64. The van der Waals surface area contributed by atoms with Gasteiger partial charge in [0, 0.05) is 17.4 Å². The Hall–Kier alpha value is -0.0800. The fourth-order valence-corrected chi connectivity index (χ4v) is 2.75. The third kappa shape index (κ3) is 2.68. The molecule has 0 bridgehead atoms. The van der Waals surface area contributed by atoms with Crippen LogP contribution in [-0.2, 0) is 14.3 Å². The summed E-state index contributed by atoms with van der Waals surface area (Å²) in [5.41, 5.74) is 0. The van der Waals surface area contributed by atoms with Gasteiger partial charge in [-0.3, -0.25) is 0 Å². The lowest BCUT2D eigenvalue weighted by atomic mass is 10.4. The van der Waals surface area contributed by atoms with Gasteiger partial charge in [0.15, 0.2) is 0 Å². The molecule has 0 aliphatic carbocycles. The molecular weight excluding hydrogens is 278 g/mol. The first-order chi connectivity index (χ1) is 6.08. The number of nitrogens with one attached hydrogen (secondary N) is 1. The summed E-state index contributed by atoms with van der Waals surface area (Å²) in [6.07, 6.45) is 0. The van der Waals surface area contributed by atoms with Crippen LogP contribution in [0.4, 0.5) is 0 Å². The van der Waals surface area contributed by atoms with E-state index in [0.717, 1.165) is 0 Å². The monoisotopic (exact) mass is 283 g/mol. The van der Waals surface area contributed by atoms with Crippen LogP contribution in [0.2, 0.25) is 0 Å². The molecule has 0 radical (unpaired) electrons. The molecule has 7 heteroatoms. The molecule has 1 aromatic carbocycles. The quantitative estimate of drug-likeness (QED) is 0.502. The maximum atomic E-state index is 11.3. The fourth-order valence-electron chi connectivity index (χ4n) is 0.757. The molecule has 0 atom stereocenters. The largest absolute Gasteiger partial charge is 0.264 e. The predicted molar refractivity (Wildman–Crippen MR) is 54.5 cm³/mol. The Morgan fingerprint density at radius 3 is 2.54 bits per heavy atom. The summed E-state index contributed by atoms with van der Waals surface area (Å²) >= 11 is 6.40. The summed E-state index contributed by atoms with van der Waals surface area (Å²) in [6, 6.07) is 6.38. The first-order valence-electron chi connectivity index (χ1n) is 3.14. The van der Waals surface area contributed by atoms with E-state index in [2.05, 4.69) is 33.1 Å². The van der Waals surface area contributed by atoms with E-state index in [4.69, 9.17) is 0 Å². The van der Waals surface area contributed by atoms with Crippen molar-refractivity contribution in [1.29, 1.82) is 0 Å². The van der Waals surface area contributed by atoms with E-state index in [0.29, 0.717) is 4.47 Å². The van der Waals surface area contributed by atoms with Gasteiger partial charge in [-0.15, -0.1) is 0 Å². The highest BCUT2D eigenvalue weighted by Gasteiger charge is 2.16. The van der Waals surface area contributed by atoms with E-state index in [1.165, 1.54) is 6.07 Å². The van der Waals surface area contributed by atoms with Crippen LogP contribution >= 0.6 is 28.8 Å². The Morgan fingerprint density at radius 2 is 2.00 bits per heavy atom. The van der Waals surface area contributed by atoms with Crippen LogP contribution in [0.5, 0.6) is 0 Å². The molecule has 0 saturated carbocycles. The Balaban J connectivity index is 3.15. The molecule has 1 rings (SSSR count). The summed E-state index contributed by atoms with van der Waals surface area (Å²) in [7, 11) is -3.64. The Morgan fingerprint density at radius 1 is 1.38 bits per heavy atom. The van der Waals surface area contributed by atoms with E-state index < -0.39 is 10.0 Å². The van der Waals surface area contributed by atoms with Gasteiger partial charge < -0.3 is 0 Å². The number of hydrogen-bond donors (Lipinski definition) is 2. The average molecular weight is 284 g/mol. The SMILES string of the molecule is O=S(=O)(NOS)c1ccccc1Br. The minimum absolute atomic E-state index is 0.101. The van der Waals surface area contributed by atoms with Crippen molar-refractivity contribution in [3.05, 3.63) is 28.7 Å². The van der Waals surface area contributed by atoms with E-state index >= 15 is 0 Å². The van der Waals surface area contributed by atoms with Gasteiger partial charge in [0.1, 0.15) is 0 Å². The van der Waals surface area contributed by atoms with Crippen molar-refractivity contribution < 1.29 is 12.7 Å². The van der Waals surface area contributed by atoms with E-state index in [1.807, 2.05) is 0 Å². The number of benzene rings is 1. The maximum Gasteiger partial charge on any atom is 0.264 e. The summed E-state index contributed by atoms with van der Waals surface area (Å²) in [6.45, 7) is 0. The molecule has 0 aromatic heterocycles. The molecule has 0 heterocycles. The third-order valence-corrected chi connectivity index (χ3v) is 3.68. The predicted octanol–water partition coefficient (Wildman–Crippen LogP) is 1.50. The second-order valence-electron chi connectivity index (χ2n) is 2.11. The van der Waals surface area contributed by atoms with Gasteiger partial charge in [0.05, 0.1) is 4.90 Å². The van der Waals surface area contributed by atoms with Crippen molar-refractivity contribution in [3.8, 4) is 0 Å². The first kappa shape index (κ1) is 11.0. The summed E-state index contributed by atoms with van der Waals surface area (Å²) in [5, 5.41) is 0. The van der Waals surface area contributed by atoms with Crippen molar-refractivity contribution in [2.45, 2.75) is 4.90 Å². The van der Waals surface area contributed by atoms with Crippen LogP contribution in [0.1, 0.15) is 0 Å². The average Bonchev–Trinajstić information content (AvgIpc) is 2.04. The Bertz CT molecular complexity index is 393. The third-order valence-electron chi connectivity index (χ3n) is 1.27. The van der Waals surface area contributed by atoms with Gasteiger partial charge in [-0.25, -0.2) is 12.7 Å². The molecule has 0 fully saturated rings. The summed E-state index contributed by atoms with van der Waals surface area (Å²) < 4.78 is 27.2. The van der Waals surface area contributed by atoms with Crippen molar-refractivity contribution in [1.82, 2.24) is 4.89 Å². The molecule has 4 nitrogen and oxygen atoms in total. The highest BCUT2D eigenvalue weighted by Crippen LogP contribution is 2.20. The zero-order valence-electron chi connectivity index (χ0n) is 6.27. The zero-order chi connectivity index (χ0) is 9.90. The normalized spacial score (nSPS) is 11.5. The van der Waals surface area contributed by atoms with Gasteiger partial charge in [-0.1, -0.05) is 17.0 Å². The first-order valence-corrected chi connectivity index (χ1v) is 5.79. The lowest BCUT2D eigenvalue weighted by molar-refractivity contribution is 0.327. The van der Waals surface area contributed by atoms with Crippen LogP contribution < -0.4 is 4.89 Å². The molecular formula is C6H6BrNO3S2. The van der Waals surface area contributed by atoms with Gasteiger partial charge in [-0.2, -0.15) is 0 Å². The second kappa shape index (κ2) is 4.43. The lowest BCUT2D eigenvalue weighted by Gasteiger charge is -2.04. The molecule has 72 valence electrons. The summed E-state index contributed by atoms with van der Waals surface area (Å²) in [5.74, 6) is 0. The molecule has 0 amide bonds. The van der Waals surface area contributed by atoms with E-state index in [9.17, 15) is 8.42 Å². The molecule has 0 saturated heterocycles. The maximum absolute atomic E-state index is 11.3. The lowest BCUT2D eigenvalue weighted by Crippen LogP contribution is -2.20. The van der Waals surface area contributed by atoms with Gasteiger partial charge in [-0.05, 0) is 28.1 Å². The highest BCUT2D eigenvalue weighted by molar-refractivity contribution is 9.10. The van der Waals surface area contributed by atoms with E-state index in [-0.39, 0.29) is 4.90 Å².